The van der Waals surface area contributed by atoms with E-state index in [0.717, 1.165) is 18.4 Å². The highest BCUT2D eigenvalue weighted by atomic mass is 32.1. The van der Waals surface area contributed by atoms with E-state index in [0.29, 0.717) is 22.7 Å². The van der Waals surface area contributed by atoms with E-state index >= 15 is 0 Å². The fourth-order valence-electron chi connectivity index (χ4n) is 4.74. The first-order valence-electron chi connectivity index (χ1n) is 9.99. The van der Waals surface area contributed by atoms with Gasteiger partial charge in [-0.2, -0.15) is 0 Å². The van der Waals surface area contributed by atoms with Crippen molar-refractivity contribution in [2.45, 2.75) is 39.7 Å². The number of ether oxygens (including phenoxy) is 1. The van der Waals surface area contributed by atoms with Gasteiger partial charge in [0.15, 0.2) is 4.77 Å². The lowest BCUT2D eigenvalue weighted by Gasteiger charge is -2.37. The molecule has 1 aliphatic carbocycles. The summed E-state index contributed by atoms with van der Waals surface area (Å²) in [4.78, 5) is 31.3. The Morgan fingerprint density at radius 3 is 2.41 bits per heavy atom. The van der Waals surface area contributed by atoms with Crippen molar-refractivity contribution in [3.8, 4) is 11.1 Å². The van der Waals surface area contributed by atoms with Gasteiger partial charge in [-0.05, 0) is 48.4 Å². The number of benzene rings is 1. The van der Waals surface area contributed by atoms with Crippen molar-refractivity contribution in [2.24, 2.45) is 17.8 Å². The fraction of sp³-hybridized carbons (Fsp3) is 0.409. The maximum atomic E-state index is 13.4. The monoisotopic (exact) mass is 411 g/mol. The molecule has 3 aromatic rings. The Labute approximate surface area is 173 Å². The van der Waals surface area contributed by atoms with Crippen LogP contribution in [-0.4, -0.2) is 26.4 Å². The molecule has 0 radical (unpaired) electrons. The molecule has 1 aliphatic rings. The van der Waals surface area contributed by atoms with Gasteiger partial charge in [0.2, 0.25) is 0 Å². The number of aromatic amines is 2. The molecule has 0 amide bonds. The molecule has 152 valence electrons. The number of hydrogen-bond acceptors (Lipinski definition) is 4. The summed E-state index contributed by atoms with van der Waals surface area (Å²) in [5, 5.41) is 0. The minimum absolute atomic E-state index is 0.151. The Bertz CT molecular complexity index is 1150. The van der Waals surface area contributed by atoms with Crippen molar-refractivity contribution in [3.63, 3.8) is 0 Å². The summed E-state index contributed by atoms with van der Waals surface area (Å²) in [6.45, 7) is 6.52. The van der Waals surface area contributed by atoms with Gasteiger partial charge in [0.1, 0.15) is 17.3 Å². The minimum Gasteiger partial charge on any atom is -0.458 e. The lowest BCUT2D eigenvalue weighted by Crippen LogP contribution is -2.37. The van der Waals surface area contributed by atoms with Crippen LogP contribution in [0.2, 0.25) is 0 Å². The fourth-order valence-corrected chi connectivity index (χ4v) is 4.92. The van der Waals surface area contributed by atoms with Gasteiger partial charge in [-0.1, -0.05) is 51.1 Å². The molecule has 1 aromatic carbocycles. The number of aromatic nitrogens is 3. The molecule has 1 saturated carbocycles. The number of esters is 1. The first-order chi connectivity index (χ1) is 13.8. The van der Waals surface area contributed by atoms with Gasteiger partial charge in [0.25, 0.3) is 0 Å². The van der Waals surface area contributed by atoms with Crippen molar-refractivity contribution < 1.29 is 9.53 Å². The van der Waals surface area contributed by atoms with Crippen LogP contribution in [0.3, 0.4) is 0 Å². The molecule has 0 spiro atoms. The number of nitrogens with zero attached hydrogens (tertiary/aromatic N) is 1. The normalized spacial score (nSPS) is 24.5. The zero-order chi connectivity index (χ0) is 20.7. The molecule has 0 bridgehead atoms. The Morgan fingerprint density at radius 2 is 1.76 bits per heavy atom. The van der Waals surface area contributed by atoms with E-state index in [1.54, 1.807) is 6.20 Å². The average molecular weight is 412 g/mol. The standard InChI is InChI=1S/C22H25N3O3S/c1-12-9-13(2)18(14(3)10-12)28-20(26)17-16(15-7-5-4-6-8-15)11-25-19(17)23-21(29)24-22(25)27/h4-8,11-14,18H,9-10H2,1-3H3,(H2,23,24,27,29). The molecule has 2 unspecified atom stereocenters. The molecule has 2 aromatic heterocycles. The summed E-state index contributed by atoms with van der Waals surface area (Å²) >= 11 is 5.13. The molecule has 29 heavy (non-hydrogen) atoms. The first kappa shape index (κ1) is 19.6. The highest BCUT2D eigenvalue weighted by Gasteiger charge is 2.35. The molecule has 7 heteroatoms. The van der Waals surface area contributed by atoms with Gasteiger partial charge < -0.3 is 9.72 Å². The number of H-pyrrole nitrogens is 2. The van der Waals surface area contributed by atoms with E-state index in [4.69, 9.17) is 17.0 Å². The SMILES string of the molecule is CC1CC(C)C(OC(=O)c2c(-c3ccccc3)cn3c(=O)[nH]c(=S)[nH]c23)C(C)C1. The lowest BCUT2D eigenvalue weighted by atomic mass is 9.75. The van der Waals surface area contributed by atoms with Crippen molar-refractivity contribution in [1.29, 1.82) is 0 Å². The molecule has 6 nitrogen and oxygen atoms in total. The molecule has 2 atom stereocenters. The zero-order valence-corrected chi connectivity index (χ0v) is 17.6. The maximum absolute atomic E-state index is 13.4. The van der Waals surface area contributed by atoms with Crippen LogP contribution in [0.15, 0.2) is 41.3 Å². The summed E-state index contributed by atoms with van der Waals surface area (Å²) in [6.07, 6.45) is 3.57. The Morgan fingerprint density at radius 1 is 1.10 bits per heavy atom. The molecule has 0 aliphatic heterocycles. The smallest absolute Gasteiger partial charge is 0.342 e. The van der Waals surface area contributed by atoms with Gasteiger partial charge in [0.05, 0.1) is 0 Å². The highest BCUT2D eigenvalue weighted by molar-refractivity contribution is 7.71. The second-order valence-corrected chi connectivity index (χ2v) is 8.70. The van der Waals surface area contributed by atoms with Crippen LogP contribution >= 0.6 is 12.2 Å². The summed E-state index contributed by atoms with van der Waals surface area (Å²) in [5.41, 5.74) is 1.77. The van der Waals surface area contributed by atoms with Crippen molar-refractivity contribution in [3.05, 3.63) is 57.3 Å². The van der Waals surface area contributed by atoms with E-state index in [1.807, 2.05) is 30.3 Å². The van der Waals surface area contributed by atoms with E-state index in [1.165, 1.54) is 4.40 Å². The minimum atomic E-state index is -0.430. The van der Waals surface area contributed by atoms with Gasteiger partial charge in [0, 0.05) is 11.8 Å². The molecule has 1 fully saturated rings. The predicted octanol–water partition coefficient (Wildman–Crippen LogP) is 4.58. The quantitative estimate of drug-likeness (QED) is 0.488. The number of rotatable bonds is 3. The average Bonchev–Trinajstić information content (AvgIpc) is 3.05. The number of hydrogen-bond donors (Lipinski definition) is 2. The molecule has 2 N–H and O–H groups in total. The van der Waals surface area contributed by atoms with Crippen molar-refractivity contribution in [2.75, 3.05) is 0 Å². The van der Waals surface area contributed by atoms with Crippen LogP contribution in [0.4, 0.5) is 0 Å². The van der Waals surface area contributed by atoms with Crippen LogP contribution in [0.1, 0.15) is 44.0 Å². The van der Waals surface area contributed by atoms with E-state index in [2.05, 4.69) is 30.7 Å². The van der Waals surface area contributed by atoms with Gasteiger partial charge in [-0.15, -0.1) is 0 Å². The van der Waals surface area contributed by atoms with Crippen LogP contribution in [-0.2, 0) is 4.74 Å². The van der Waals surface area contributed by atoms with Crippen molar-refractivity contribution in [1.82, 2.24) is 14.4 Å². The first-order valence-corrected chi connectivity index (χ1v) is 10.4. The molecule has 2 heterocycles. The second kappa shape index (κ2) is 7.63. The third-order valence-electron chi connectivity index (χ3n) is 5.88. The van der Waals surface area contributed by atoms with Gasteiger partial charge in [-0.25, -0.2) is 9.59 Å². The number of carbonyl (C=O) groups is 1. The molecular weight excluding hydrogens is 386 g/mol. The van der Waals surface area contributed by atoms with Crippen molar-refractivity contribution >= 4 is 23.8 Å². The number of carbonyl (C=O) groups excluding carboxylic acids is 1. The summed E-state index contributed by atoms with van der Waals surface area (Å²) in [6, 6.07) is 9.51. The van der Waals surface area contributed by atoms with Gasteiger partial charge >= 0.3 is 11.7 Å². The summed E-state index contributed by atoms with van der Waals surface area (Å²) in [7, 11) is 0. The largest absolute Gasteiger partial charge is 0.458 e. The van der Waals surface area contributed by atoms with Gasteiger partial charge in [-0.3, -0.25) is 9.38 Å². The maximum Gasteiger partial charge on any atom is 0.342 e. The molecular formula is C22H25N3O3S. The summed E-state index contributed by atoms with van der Waals surface area (Å²) < 4.78 is 7.59. The number of fused-ring (bicyclic) bond motifs is 1. The second-order valence-electron chi connectivity index (χ2n) is 8.29. The Kier molecular flexibility index (Phi) is 5.17. The highest BCUT2D eigenvalue weighted by Crippen LogP contribution is 2.36. The van der Waals surface area contributed by atoms with E-state index in [-0.39, 0.29) is 22.7 Å². The van der Waals surface area contributed by atoms with E-state index < -0.39 is 11.7 Å². The Balaban J connectivity index is 1.82. The van der Waals surface area contributed by atoms with Crippen LogP contribution in [0.5, 0.6) is 0 Å². The third kappa shape index (κ3) is 3.67. The molecule has 4 rings (SSSR count). The van der Waals surface area contributed by atoms with Crippen LogP contribution in [0.25, 0.3) is 16.8 Å². The summed E-state index contributed by atoms with van der Waals surface area (Å²) in [5.74, 6) is 0.767. The zero-order valence-electron chi connectivity index (χ0n) is 16.8. The predicted molar refractivity (Wildman–Crippen MR) is 115 cm³/mol. The molecule has 0 saturated heterocycles. The van der Waals surface area contributed by atoms with Crippen LogP contribution in [0, 0.1) is 22.5 Å². The third-order valence-corrected chi connectivity index (χ3v) is 6.08. The lowest BCUT2D eigenvalue weighted by molar-refractivity contribution is -0.0250. The van der Waals surface area contributed by atoms with Crippen LogP contribution < -0.4 is 5.69 Å². The van der Waals surface area contributed by atoms with E-state index in [9.17, 15) is 9.59 Å². The topological polar surface area (TPSA) is 79.4 Å². The Hall–Kier alpha value is -2.67. The number of nitrogens with one attached hydrogen (secondary N) is 2.